The van der Waals surface area contributed by atoms with Crippen molar-refractivity contribution >= 4 is 19.8 Å². The van der Waals surface area contributed by atoms with Crippen molar-refractivity contribution in [3.63, 3.8) is 0 Å². The van der Waals surface area contributed by atoms with Crippen molar-refractivity contribution < 1.29 is 47.8 Å². The zero-order chi connectivity index (χ0) is 39.1. The van der Waals surface area contributed by atoms with E-state index in [0.29, 0.717) is 12.8 Å². The van der Waals surface area contributed by atoms with Gasteiger partial charge in [0.05, 0.1) is 19.8 Å². The van der Waals surface area contributed by atoms with E-state index in [2.05, 4.69) is 67.0 Å². The molecule has 0 spiro atoms. The third-order valence-electron chi connectivity index (χ3n) is 8.50. The number of allylic oxidation sites excluding steroid dienone is 8. The molecule has 0 aliphatic heterocycles. The molecule has 3 N–H and O–H groups in total. The number of aliphatic hydroxyl groups is 2. The number of carbonyl (C=O) groups excluding carboxylic acids is 2. The lowest BCUT2D eigenvalue weighted by Gasteiger charge is -2.20. The summed E-state index contributed by atoms with van der Waals surface area (Å²) in [7, 11) is -4.62. The summed E-state index contributed by atoms with van der Waals surface area (Å²) in [5.74, 6) is -0.942. The molecule has 0 heterocycles. The minimum atomic E-state index is -4.62. The van der Waals surface area contributed by atoms with Gasteiger partial charge in [0.15, 0.2) is 6.10 Å². The zero-order valence-electron chi connectivity index (χ0n) is 33.2. The lowest BCUT2D eigenvalue weighted by atomic mass is 10.1. The molecule has 0 radical (unpaired) electrons. The zero-order valence-corrected chi connectivity index (χ0v) is 34.1. The molecule has 0 aromatic rings. The van der Waals surface area contributed by atoms with E-state index < -0.39 is 51.8 Å². The van der Waals surface area contributed by atoms with Gasteiger partial charge in [-0.15, -0.1) is 0 Å². The summed E-state index contributed by atoms with van der Waals surface area (Å²) in [5, 5.41) is 18.3. The standard InChI is InChI=1S/C42H75O10P/c1-3-5-7-9-11-13-15-16-17-18-19-20-21-22-24-26-28-30-32-34-42(46)52-40(38-51-53(47,48)50-36-39(44)35-43)37-49-41(45)33-31-29-27-25-23-14-12-10-8-6-4-2/h5,7,11,13,16-17,19-20,39-40,43-44H,3-4,6,8-10,12,14-15,18,21-38H2,1-2H3,(H,47,48)/b7-5-,13-11-,17-16-,20-19-. The fourth-order valence-corrected chi connectivity index (χ4v) is 6.13. The number of hydrogen-bond donors (Lipinski definition) is 3. The number of ether oxygens (including phenoxy) is 2. The van der Waals surface area contributed by atoms with Crippen LogP contribution >= 0.6 is 7.82 Å². The SMILES string of the molecule is CC/C=C\C/C=C\C/C=C\C/C=C\CCCCCCCCC(=O)OC(COC(=O)CCCCCCCCCCCCC)COP(=O)(O)OCC(O)CO. The maximum absolute atomic E-state index is 12.6. The Hall–Kier alpha value is -2.07. The van der Waals surface area contributed by atoms with Crippen LogP contribution in [0.4, 0.5) is 0 Å². The van der Waals surface area contributed by atoms with Gasteiger partial charge in [-0.2, -0.15) is 0 Å². The molecule has 0 rings (SSSR count). The van der Waals surface area contributed by atoms with Gasteiger partial charge in [0.2, 0.25) is 0 Å². The number of esters is 2. The van der Waals surface area contributed by atoms with E-state index >= 15 is 0 Å². The number of unbranched alkanes of at least 4 members (excludes halogenated alkanes) is 16. The van der Waals surface area contributed by atoms with Gasteiger partial charge >= 0.3 is 19.8 Å². The number of aliphatic hydroxyl groups excluding tert-OH is 2. The summed E-state index contributed by atoms with van der Waals surface area (Å²) in [6.07, 6.45) is 39.3. The maximum atomic E-state index is 12.6. The quantitative estimate of drug-likeness (QED) is 0.0240. The Labute approximate surface area is 322 Å². The van der Waals surface area contributed by atoms with Gasteiger partial charge in [-0.1, -0.05) is 152 Å². The monoisotopic (exact) mass is 771 g/mol. The molecule has 0 amide bonds. The Kier molecular flexibility index (Phi) is 36.7. The summed E-state index contributed by atoms with van der Waals surface area (Å²) in [4.78, 5) is 34.9. The molecule has 308 valence electrons. The van der Waals surface area contributed by atoms with E-state index in [4.69, 9.17) is 19.1 Å². The van der Waals surface area contributed by atoms with Gasteiger partial charge in [0, 0.05) is 12.8 Å². The summed E-state index contributed by atoms with van der Waals surface area (Å²) in [6.45, 7) is 2.23. The van der Waals surface area contributed by atoms with Crippen molar-refractivity contribution in [2.24, 2.45) is 0 Å². The highest BCUT2D eigenvalue weighted by molar-refractivity contribution is 7.47. The smallest absolute Gasteiger partial charge is 0.462 e. The van der Waals surface area contributed by atoms with Crippen LogP contribution in [0.1, 0.15) is 168 Å². The number of phosphoric ester groups is 1. The molecule has 53 heavy (non-hydrogen) atoms. The molecule has 3 unspecified atom stereocenters. The second kappa shape index (κ2) is 38.2. The van der Waals surface area contributed by atoms with Crippen LogP contribution in [-0.2, 0) is 32.7 Å². The average Bonchev–Trinajstić information content (AvgIpc) is 3.14. The summed E-state index contributed by atoms with van der Waals surface area (Å²) < 4.78 is 32.6. The highest BCUT2D eigenvalue weighted by Crippen LogP contribution is 2.43. The van der Waals surface area contributed by atoms with E-state index in [1.807, 2.05) is 0 Å². The molecular weight excluding hydrogens is 695 g/mol. The summed E-state index contributed by atoms with van der Waals surface area (Å²) in [6, 6.07) is 0. The predicted molar refractivity (Wildman–Crippen MR) is 214 cm³/mol. The Morgan fingerprint density at radius 1 is 0.585 bits per heavy atom. The van der Waals surface area contributed by atoms with Crippen LogP contribution < -0.4 is 0 Å². The molecule has 0 aromatic heterocycles. The Bertz CT molecular complexity index is 1030. The van der Waals surface area contributed by atoms with Crippen LogP contribution in [0.25, 0.3) is 0 Å². The third kappa shape index (κ3) is 38.0. The molecular formula is C42H75O10P. The van der Waals surface area contributed by atoms with Crippen molar-refractivity contribution in [2.45, 2.75) is 180 Å². The van der Waals surface area contributed by atoms with Gasteiger partial charge in [0.1, 0.15) is 12.7 Å². The molecule has 11 heteroatoms. The topological polar surface area (TPSA) is 149 Å². The van der Waals surface area contributed by atoms with Gasteiger partial charge in [-0.05, 0) is 51.4 Å². The maximum Gasteiger partial charge on any atom is 0.472 e. The third-order valence-corrected chi connectivity index (χ3v) is 9.45. The number of carbonyl (C=O) groups is 2. The van der Waals surface area contributed by atoms with Gasteiger partial charge in [-0.3, -0.25) is 18.6 Å². The molecule has 0 saturated heterocycles. The first-order chi connectivity index (χ1) is 25.7. The molecule has 0 aromatic carbocycles. The lowest BCUT2D eigenvalue weighted by Crippen LogP contribution is -2.29. The number of phosphoric acid groups is 1. The highest BCUT2D eigenvalue weighted by atomic mass is 31.2. The minimum Gasteiger partial charge on any atom is -0.462 e. The van der Waals surface area contributed by atoms with Crippen LogP contribution in [0.2, 0.25) is 0 Å². The van der Waals surface area contributed by atoms with Crippen LogP contribution in [-0.4, -0.2) is 65.7 Å². The molecule has 0 fully saturated rings. The fourth-order valence-electron chi connectivity index (χ4n) is 5.34. The van der Waals surface area contributed by atoms with Gasteiger partial charge in [0.25, 0.3) is 0 Å². The summed E-state index contributed by atoms with van der Waals surface area (Å²) in [5.41, 5.74) is 0. The fraction of sp³-hybridized carbons (Fsp3) is 0.762. The number of rotatable bonds is 38. The van der Waals surface area contributed by atoms with E-state index in [1.54, 1.807) is 0 Å². The van der Waals surface area contributed by atoms with Crippen molar-refractivity contribution in [3.8, 4) is 0 Å². The van der Waals surface area contributed by atoms with Gasteiger partial charge in [-0.25, -0.2) is 4.57 Å². The van der Waals surface area contributed by atoms with Crippen LogP contribution in [0.3, 0.4) is 0 Å². The molecule has 10 nitrogen and oxygen atoms in total. The van der Waals surface area contributed by atoms with Crippen LogP contribution in [0.5, 0.6) is 0 Å². The van der Waals surface area contributed by atoms with E-state index in [9.17, 15) is 24.2 Å². The lowest BCUT2D eigenvalue weighted by molar-refractivity contribution is -0.161. The Morgan fingerprint density at radius 2 is 1.04 bits per heavy atom. The van der Waals surface area contributed by atoms with Crippen LogP contribution in [0.15, 0.2) is 48.6 Å². The first-order valence-electron chi connectivity index (χ1n) is 20.6. The predicted octanol–water partition coefficient (Wildman–Crippen LogP) is 10.6. The molecule has 0 aliphatic rings. The largest absolute Gasteiger partial charge is 0.472 e. The van der Waals surface area contributed by atoms with Crippen molar-refractivity contribution in [2.75, 3.05) is 26.4 Å². The minimum absolute atomic E-state index is 0.168. The molecule has 0 aliphatic carbocycles. The van der Waals surface area contributed by atoms with E-state index in [-0.39, 0.29) is 19.4 Å². The van der Waals surface area contributed by atoms with Crippen molar-refractivity contribution in [3.05, 3.63) is 48.6 Å². The molecule has 3 atom stereocenters. The van der Waals surface area contributed by atoms with E-state index in [1.165, 1.54) is 44.9 Å². The Morgan fingerprint density at radius 3 is 1.57 bits per heavy atom. The Balaban J connectivity index is 4.33. The van der Waals surface area contributed by atoms with Crippen molar-refractivity contribution in [1.82, 2.24) is 0 Å². The van der Waals surface area contributed by atoms with Crippen LogP contribution in [0, 0.1) is 0 Å². The first-order valence-corrected chi connectivity index (χ1v) is 22.1. The molecule has 0 saturated carbocycles. The number of hydrogen-bond acceptors (Lipinski definition) is 9. The van der Waals surface area contributed by atoms with Gasteiger partial charge < -0.3 is 24.6 Å². The van der Waals surface area contributed by atoms with E-state index in [0.717, 1.165) is 83.5 Å². The second-order valence-electron chi connectivity index (χ2n) is 13.6. The molecule has 0 bridgehead atoms. The van der Waals surface area contributed by atoms with Crippen molar-refractivity contribution in [1.29, 1.82) is 0 Å². The second-order valence-corrected chi connectivity index (χ2v) is 15.1. The summed E-state index contributed by atoms with van der Waals surface area (Å²) >= 11 is 0. The normalized spacial score (nSPS) is 14.4. The first kappa shape index (κ1) is 50.9. The average molecular weight is 771 g/mol. The highest BCUT2D eigenvalue weighted by Gasteiger charge is 2.27.